The maximum atomic E-state index is 6.08. The third-order valence-electron chi connectivity index (χ3n) is 4.70. The highest BCUT2D eigenvalue weighted by atomic mass is 35.5. The average Bonchev–Trinajstić information content (AvgIpc) is 3.09. The summed E-state index contributed by atoms with van der Waals surface area (Å²) in [4.78, 5) is 11.9. The Hall–Kier alpha value is -1.49. The molecule has 120 valence electrons. The third kappa shape index (κ3) is 3.39. The molecule has 0 bridgehead atoms. The first kappa shape index (κ1) is 15.1. The summed E-state index contributed by atoms with van der Waals surface area (Å²) in [6.45, 7) is 3.96. The lowest BCUT2D eigenvalue weighted by Crippen LogP contribution is -2.31. The van der Waals surface area contributed by atoms with Crippen LogP contribution in [0, 0.1) is 0 Å². The summed E-state index contributed by atoms with van der Waals surface area (Å²) >= 11 is 6.08. The van der Waals surface area contributed by atoms with Gasteiger partial charge in [0.05, 0.1) is 6.04 Å². The van der Waals surface area contributed by atoms with E-state index >= 15 is 0 Å². The van der Waals surface area contributed by atoms with Crippen LogP contribution in [0.1, 0.15) is 41.5 Å². The summed E-state index contributed by atoms with van der Waals surface area (Å²) in [7, 11) is 0. The number of rotatable bonds is 3. The lowest BCUT2D eigenvalue weighted by atomic mass is 10.1. The summed E-state index contributed by atoms with van der Waals surface area (Å²) < 4.78 is 0. The van der Waals surface area contributed by atoms with Crippen molar-refractivity contribution < 1.29 is 0 Å². The zero-order valence-corrected chi connectivity index (χ0v) is 13.9. The van der Waals surface area contributed by atoms with Gasteiger partial charge in [0, 0.05) is 48.5 Å². The van der Waals surface area contributed by atoms with Crippen LogP contribution in [0.2, 0.25) is 5.02 Å². The quantitative estimate of drug-likeness (QED) is 0.940. The second-order valence-electron chi connectivity index (χ2n) is 6.44. The van der Waals surface area contributed by atoms with Crippen molar-refractivity contribution in [2.75, 3.05) is 13.1 Å². The molecule has 4 rings (SSSR count). The van der Waals surface area contributed by atoms with E-state index in [2.05, 4.69) is 21.3 Å². The van der Waals surface area contributed by atoms with Gasteiger partial charge in [0.1, 0.15) is 5.82 Å². The molecule has 0 radical (unpaired) electrons. The van der Waals surface area contributed by atoms with Crippen molar-refractivity contribution >= 4 is 11.6 Å². The Kier molecular flexibility index (Phi) is 4.29. The normalized spacial score (nSPS) is 21.3. The fourth-order valence-electron chi connectivity index (χ4n) is 3.49. The second kappa shape index (κ2) is 6.56. The van der Waals surface area contributed by atoms with Crippen LogP contribution in [0.4, 0.5) is 0 Å². The van der Waals surface area contributed by atoms with Crippen molar-refractivity contribution in [2.24, 2.45) is 0 Å². The fraction of sp³-hybridized carbons (Fsp3) is 0.444. The number of nitrogens with zero attached hydrogens (tertiary/aromatic N) is 3. The molecule has 0 aliphatic carbocycles. The summed E-state index contributed by atoms with van der Waals surface area (Å²) in [5.74, 6) is 0.976. The van der Waals surface area contributed by atoms with E-state index in [0.29, 0.717) is 6.04 Å². The molecule has 1 atom stereocenters. The van der Waals surface area contributed by atoms with Crippen molar-refractivity contribution in [1.29, 1.82) is 0 Å². The molecule has 4 nitrogen and oxygen atoms in total. The topological polar surface area (TPSA) is 41.1 Å². The van der Waals surface area contributed by atoms with E-state index in [-0.39, 0.29) is 0 Å². The van der Waals surface area contributed by atoms with E-state index in [4.69, 9.17) is 16.6 Å². The first-order valence-electron chi connectivity index (χ1n) is 8.33. The van der Waals surface area contributed by atoms with Gasteiger partial charge in [0.15, 0.2) is 0 Å². The summed E-state index contributed by atoms with van der Waals surface area (Å²) in [5, 5.41) is 4.28. The largest absolute Gasteiger partial charge is 0.307 e. The van der Waals surface area contributed by atoms with Gasteiger partial charge < -0.3 is 5.32 Å². The molecule has 3 heterocycles. The molecule has 0 unspecified atom stereocenters. The van der Waals surface area contributed by atoms with Gasteiger partial charge in [-0.2, -0.15) is 0 Å². The van der Waals surface area contributed by atoms with Gasteiger partial charge in [0.25, 0.3) is 0 Å². The predicted octanol–water partition coefficient (Wildman–Crippen LogP) is 3.11. The number of hydrogen-bond donors (Lipinski definition) is 1. The number of aromatic nitrogens is 2. The molecular formula is C18H21ClN4. The zero-order valence-electron chi connectivity index (χ0n) is 13.1. The van der Waals surface area contributed by atoms with Crippen molar-refractivity contribution in [1.82, 2.24) is 20.2 Å². The Balaban J connectivity index is 1.47. The highest BCUT2D eigenvalue weighted by Crippen LogP contribution is 2.24. The number of nitrogens with one attached hydrogen (secondary N) is 1. The SMILES string of the molecule is Clc1cccc(CN2CCc3nc([C@H]4CCCN4)ncc3C2)c1. The van der Waals surface area contributed by atoms with Gasteiger partial charge in [-0.25, -0.2) is 9.97 Å². The van der Waals surface area contributed by atoms with Gasteiger partial charge in [-0.1, -0.05) is 23.7 Å². The van der Waals surface area contributed by atoms with Gasteiger partial charge in [-0.15, -0.1) is 0 Å². The summed E-state index contributed by atoms with van der Waals surface area (Å²) in [6, 6.07) is 8.46. The number of benzene rings is 1. The summed E-state index contributed by atoms with van der Waals surface area (Å²) in [5.41, 5.74) is 3.75. The van der Waals surface area contributed by atoms with Crippen LogP contribution in [0.5, 0.6) is 0 Å². The Bertz CT molecular complexity index is 697. The minimum Gasteiger partial charge on any atom is -0.307 e. The van der Waals surface area contributed by atoms with Crippen LogP contribution >= 0.6 is 11.6 Å². The molecule has 1 fully saturated rings. The van der Waals surface area contributed by atoms with Crippen molar-refractivity contribution in [3.8, 4) is 0 Å². The van der Waals surface area contributed by atoms with Crippen LogP contribution in [0.15, 0.2) is 30.5 Å². The Morgan fingerprint density at radius 1 is 1.35 bits per heavy atom. The first-order chi connectivity index (χ1) is 11.3. The minimum atomic E-state index is 0.352. The maximum absolute atomic E-state index is 6.08. The van der Waals surface area contributed by atoms with Gasteiger partial charge in [-0.05, 0) is 37.1 Å². The van der Waals surface area contributed by atoms with Crippen LogP contribution in [-0.2, 0) is 19.5 Å². The standard InChI is InChI=1S/C18H21ClN4/c19-15-4-1-3-13(9-15)11-23-8-6-16-14(12-23)10-21-18(22-16)17-5-2-7-20-17/h1,3-4,9-10,17,20H,2,5-8,11-12H2/t17-/m1/s1. The average molecular weight is 329 g/mol. The molecule has 1 N–H and O–H groups in total. The first-order valence-corrected chi connectivity index (χ1v) is 8.70. The molecule has 0 amide bonds. The van der Waals surface area contributed by atoms with Crippen LogP contribution < -0.4 is 5.32 Å². The van der Waals surface area contributed by atoms with Crippen molar-refractivity contribution in [2.45, 2.75) is 38.4 Å². The van der Waals surface area contributed by atoms with Gasteiger partial charge >= 0.3 is 0 Å². The fourth-order valence-corrected chi connectivity index (χ4v) is 3.70. The molecule has 1 saturated heterocycles. The third-order valence-corrected chi connectivity index (χ3v) is 4.93. The molecule has 5 heteroatoms. The molecular weight excluding hydrogens is 308 g/mol. The van der Waals surface area contributed by atoms with E-state index in [0.717, 1.165) is 49.9 Å². The van der Waals surface area contributed by atoms with E-state index in [1.807, 2.05) is 24.4 Å². The van der Waals surface area contributed by atoms with Crippen LogP contribution in [0.3, 0.4) is 0 Å². The summed E-state index contributed by atoms with van der Waals surface area (Å²) in [6.07, 6.45) is 5.40. The monoisotopic (exact) mass is 328 g/mol. The Morgan fingerprint density at radius 3 is 3.13 bits per heavy atom. The van der Waals surface area contributed by atoms with E-state index in [1.165, 1.54) is 23.2 Å². The molecule has 2 aliphatic rings. The minimum absolute atomic E-state index is 0.352. The molecule has 1 aromatic carbocycles. The molecule has 2 aliphatic heterocycles. The van der Waals surface area contributed by atoms with E-state index in [9.17, 15) is 0 Å². The van der Waals surface area contributed by atoms with E-state index in [1.54, 1.807) is 0 Å². The van der Waals surface area contributed by atoms with E-state index < -0.39 is 0 Å². The molecule has 23 heavy (non-hydrogen) atoms. The lowest BCUT2D eigenvalue weighted by Gasteiger charge is -2.28. The second-order valence-corrected chi connectivity index (χ2v) is 6.88. The number of fused-ring (bicyclic) bond motifs is 1. The number of halogens is 1. The molecule has 0 saturated carbocycles. The van der Waals surface area contributed by atoms with Crippen LogP contribution in [0.25, 0.3) is 0 Å². The smallest absolute Gasteiger partial charge is 0.145 e. The lowest BCUT2D eigenvalue weighted by molar-refractivity contribution is 0.242. The molecule has 0 spiro atoms. The van der Waals surface area contributed by atoms with Crippen LogP contribution in [-0.4, -0.2) is 28.0 Å². The molecule has 1 aromatic heterocycles. The van der Waals surface area contributed by atoms with Crippen molar-refractivity contribution in [3.63, 3.8) is 0 Å². The van der Waals surface area contributed by atoms with Gasteiger partial charge in [-0.3, -0.25) is 4.90 Å². The van der Waals surface area contributed by atoms with Gasteiger partial charge in [0.2, 0.25) is 0 Å². The maximum Gasteiger partial charge on any atom is 0.145 e. The molecule has 2 aromatic rings. The highest BCUT2D eigenvalue weighted by molar-refractivity contribution is 6.30. The predicted molar refractivity (Wildman–Crippen MR) is 91.3 cm³/mol. The van der Waals surface area contributed by atoms with Crippen molar-refractivity contribution in [3.05, 3.63) is 58.1 Å². The Labute approximate surface area is 141 Å². The zero-order chi connectivity index (χ0) is 15.6. The Morgan fingerprint density at radius 2 is 2.30 bits per heavy atom. The number of hydrogen-bond acceptors (Lipinski definition) is 4. The highest BCUT2D eigenvalue weighted by Gasteiger charge is 2.23.